The fraction of sp³-hybridized carbons (Fsp3) is 0.154. The molecule has 0 saturated carbocycles. The number of ether oxygens (including phenoxy) is 1. The van der Waals surface area contributed by atoms with E-state index in [2.05, 4.69) is 4.98 Å². The lowest BCUT2D eigenvalue weighted by molar-refractivity contribution is 0.294. The molecule has 0 atom stereocenters. The van der Waals surface area contributed by atoms with Gasteiger partial charge in [-0.3, -0.25) is 0 Å². The van der Waals surface area contributed by atoms with Crippen molar-refractivity contribution in [2.45, 2.75) is 13.5 Å². The third-order valence-electron chi connectivity index (χ3n) is 2.24. The first-order chi connectivity index (χ1) is 7.75. The third kappa shape index (κ3) is 2.74. The van der Waals surface area contributed by atoms with Gasteiger partial charge in [-0.25, -0.2) is 4.98 Å². The van der Waals surface area contributed by atoms with Gasteiger partial charge in [-0.15, -0.1) is 0 Å². The van der Waals surface area contributed by atoms with E-state index in [-0.39, 0.29) is 0 Å². The first kappa shape index (κ1) is 11.0. The molecule has 0 amide bonds. The number of aromatic nitrogens is 1. The van der Waals surface area contributed by atoms with Gasteiger partial charge < -0.3 is 4.74 Å². The maximum absolute atomic E-state index is 5.90. The van der Waals surface area contributed by atoms with Crippen LogP contribution in [0.2, 0.25) is 5.15 Å². The van der Waals surface area contributed by atoms with Gasteiger partial charge in [0.2, 0.25) is 5.88 Å². The van der Waals surface area contributed by atoms with Crippen molar-refractivity contribution in [3.05, 3.63) is 58.7 Å². The number of pyridine rings is 1. The van der Waals surface area contributed by atoms with Crippen molar-refractivity contribution < 1.29 is 4.74 Å². The highest BCUT2D eigenvalue weighted by atomic mass is 35.5. The summed E-state index contributed by atoms with van der Waals surface area (Å²) in [6.07, 6.45) is 0. The molecule has 0 fully saturated rings. The lowest BCUT2D eigenvalue weighted by Gasteiger charge is -2.06. The summed E-state index contributed by atoms with van der Waals surface area (Å²) in [7, 11) is 0. The van der Waals surface area contributed by atoms with Crippen LogP contribution in [0.5, 0.6) is 5.88 Å². The Morgan fingerprint density at radius 3 is 2.56 bits per heavy atom. The Bertz CT molecular complexity index is 471. The molecule has 0 saturated heterocycles. The highest BCUT2D eigenvalue weighted by molar-refractivity contribution is 6.30. The Hall–Kier alpha value is -1.54. The number of benzene rings is 1. The summed E-state index contributed by atoms with van der Waals surface area (Å²) >= 11 is 5.90. The van der Waals surface area contributed by atoms with E-state index < -0.39 is 0 Å². The van der Waals surface area contributed by atoms with Gasteiger partial charge in [-0.1, -0.05) is 48.0 Å². The van der Waals surface area contributed by atoms with E-state index in [1.54, 1.807) is 0 Å². The molecular formula is C13H12ClNO. The lowest BCUT2D eigenvalue weighted by atomic mass is 10.2. The molecule has 0 aliphatic rings. The largest absolute Gasteiger partial charge is 0.473 e. The highest BCUT2D eigenvalue weighted by Gasteiger charge is 2.00. The molecule has 16 heavy (non-hydrogen) atoms. The summed E-state index contributed by atoms with van der Waals surface area (Å²) in [4.78, 5) is 4.13. The maximum Gasteiger partial charge on any atom is 0.214 e. The molecular weight excluding hydrogens is 222 g/mol. The first-order valence-electron chi connectivity index (χ1n) is 5.05. The van der Waals surface area contributed by atoms with Crippen LogP contribution in [-0.4, -0.2) is 4.98 Å². The molecule has 0 unspecified atom stereocenters. The molecule has 0 bridgehead atoms. The Labute approximate surface area is 99.9 Å². The van der Waals surface area contributed by atoms with Crippen LogP contribution in [0.25, 0.3) is 0 Å². The van der Waals surface area contributed by atoms with Crippen molar-refractivity contribution in [1.29, 1.82) is 0 Å². The molecule has 1 aromatic heterocycles. The maximum atomic E-state index is 5.90. The van der Waals surface area contributed by atoms with Crippen molar-refractivity contribution >= 4 is 11.6 Å². The van der Waals surface area contributed by atoms with Crippen molar-refractivity contribution in [1.82, 2.24) is 4.98 Å². The Morgan fingerprint density at radius 2 is 1.88 bits per heavy atom. The van der Waals surface area contributed by atoms with Crippen LogP contribution >= 0.6 is 11.6 Å². The molecule has 2 aromatic rings. The second-order valence-corrected chi connectivity index (χ2v) is 3.89. The molecule has 1 aromatic carbocycles. The smallest absolute Gasteiger partial charge is 0.214 e. The van der Waals surface area contributed by atoms with Crippen LogP contribution in [-0.2, 0) is 6.61 Å². The minimum absolute atomic E-state index is 0.491. The predicted octanol–water partition coefficient (Wildman–Crippen LogP) is 3.62. The number of aryl methyl sites for hydroxylation is 1. The summed E-state index contributed by atoms with van der Waals surface area (Å²) in [6, 6.07) is 13.7. The fourth-order valence-electron chi connectivity index (χ4n) is 1.30. The van der Waals surface area contributed by atoms with Crippen molar-refractivity contribution in [3.8, 4) is 5.88 Å². The lowest BCUT2D eigenvalue weighted by Crippen LogP contribution is -1.97. The molecule has 1 heterocycles. The zero-order valence-corrected chi connectivity index (χ0v) is 9.74. The third-order valence-corrected chi connectivity index (χ3v) is 2.62. The van der Waals surface area contributed by atoms with E-state index in [1.165, 1.54) is 0 Å². The number of hydrogen-bond acceptors (Lipinski definition) is 2. The normalized spacial score (nSPS) is 10.1. The second-order valence-electron chi connectivity index (χ2n) is 3.53. The Morgan fingerprint density at radius 1 is 1.12 bits per heavy atom. The van der Waals surface area contributed by atoms with E-state index >= 15 is 0 Å². The van der Waals surface area contributed by atoms with Crippen LogP contribution < -0.4 is 4.74 Å². The molecule has 0 aliphatic heterocycles. The molecule has 3 heteroatoms. The summed E-state index contributed by atoms with van der Waals surface area (Å²) in [5.41, 5.74) is 2.06. The van der Waals surface area contributed by atoms with Gasteiger partial charge in [0.1, 0.15) is 11.8 Å². The average Bonchev–Trinajstić information content (AvgIpc) is 2.32. The highest BCUT2D eigenvalue weighted by Crippen LogP contribution is 2.17. The Balaban J connectivity index is 2.03. The molecule has 82 valence electrons. The standard InChI is InChI=1S/C13H12ClNO/c1-10-7-8-12(15-13(10)14)16-9-11-5-3-2-4-6-11/h2-8H,9H2,1H3. The summed E-state index contributed by atoms with van der Waals surface area (Å²) in [5.74, 6) is 0.555. The van der Waals surface area contributed by atoms with E-state index in [0.717, 1.165) is 11.1 Å². The molecule has 0 aliphatic carbocycles. The van der Waals surface area contributed by atoms with Gasteiger partial charge in [0.15, 0.2) is 0 Å². The fourth-order valence-corrected chi connectivity index (χ4v) is 1.45. The minimum atomic E-state index is 0.491. The van der Waals surface area contributed by atoms with Crippen LogP contribution in [0, 0.1) is 6.92 Å². The van der Waals surface area contributed by atoms with Crippen molar-refractivity contribution in [3.63, 3.8) is 0 Å². The molecule has 2 rings (SSSR count). The molecule has 2 nitrogen and oxygen atoms in total. The summed E-state index contributed by atoms with van der Waals surface area (Å²) in [5, 5.41) is 0.491. The molecule has 0 radical (unpaired) electrons. The predicted molar refractivity (Wildman–Crippen MR) is 64.8 cm³/mol. The van der Waals surface area contributed by atoms with E-state index in [1.807, 2.05) is 49.4 Å². The average molecular weight is 234 g/mol. The number of halogens is 1. The molecule has 0 spiro atoms. The van der Waals surface area contributed by atoms with Gasteiger partial charge in [-0.05, 0) is 18.1 Å². The topological polar surface area (TPSA) is 22.1 Å². The quantitative estimate of drug-likeness (QED) is 0.756. The van der Waals surface area contributed by atoms with Crippen LogP contribution in [0.3, 0.4) is 0 Å². The van der Waals surface area contributed by atoms with Crippen molar-refractivity contribution in [2.24, 2.45) is 0 Å². The van der Waals surface area contributed by atoms with E-state index in [9.17, 15) is 0 Å². The van der Waals surface area contributed by atoms with E-state index in [0.29, 0.717) is 17.6 Å². The second kappa shape index (κ2) is 4.99. The Kier molecular flexibility index (Phi) is 3.42. The minimum Gasteiger partial charge on any atom is -0.473 e. The summed E-state index contributed by atoms with van der Waals surface area (Å²) in [6.45, 7) is 2.42. The zero-order chi connectivity index (χ0) is 11.4. The number of hydrogen-bond donors (Lipinski definition) is 0. The van der Waals surface area contributed by atoms with E-state index in [4.69, 9.17) is 16.3 Å². The van der Waals surface area contributed by atoms with Gasteiger partial charge in [0.05, 0.1) is 0 Å². The zero-order valence-electron chi connectivity index (χ0n) is 8.98. The van der Waals surface area contributed by atoms with Crippen LogP contribution in [0.1, 0.15) is 11.1 Å². The summed E-state index contributed by atoms with van der Waals surface area (Å²) < 4.78 is 5.53. The monoisotopic (exact) mass is 233 g/mol. The van der Waals surface area contributed by atoms with Gasteiger partial charge in [0.25, 0.3) is 0 Å². The van der Waals surface area contributed by atoms with Crippen LogP contribution in [0.15, 0.2) is 42.5 Å². The van der Waals surface area contributed by atoms with Crippen LogP contribution in [0.4, 0.5) is 0 Å². The SMILES string of the molecule is Cc1ccc(OCc2ccccc2)nc1Cl. The van der Waals surface area contributed by atoms with Gasteiger partial charge >= 0.3 is 0 Å². The first-order valence-corrected chi connectivity index (χ1v) is 5.43. The van der Waals surface area contributed by atoms with Gasteiger partial charge in [-0.2, -0.15) is 0 Å². The number of rotatable bonds is 3. The van der Waals surface area contributed by atoms with Gasteiger partial charge in [0, 0.05) is 6.07 Å². The number of nitrogens with zero attached hydrogens (tertiary/aromatic N) is 1. The molecule has 0 N–H and O–H groups in total. The van der Waals surface area contributed by atoms with Crippen molar-refractivity contribution in [2.75, 3.05) is 0 Å².